The highest BCUT2D eigenvalue weighted by molar-refractivity contribution is 6.29. The van der Waals surface area contributed by atoms with Gasteiger partial charge in [-0.15, -0.1) is 0 Å². The van der Waals surface area contributed by atoms with Gasteiger partial charge in [0.15, 0.2) is 5.65 Å². The van der Waals surface area contributed by atoms with Crippen LogP contribution >= 0.6 is 11.6 Å². The maximum absolute atomic E-state index is 13.2. The number of hydrogen-bond donors (Lipinski definition) is 1. The van der Waals surface area contributed by atoms with Crippen LogP contribution in [0.5, 0.6) is 0 Å². The number of rotatable bonds is 2. The van der Waals surface area contributed by atoms with Crippen LogP contribution in [0.15, 0.2) is 36.5 Å². The van der Waals surface area contributed by atoms with Gasteiger partial charge >= 0.3 is 0 Å². The van der Waals surface area contributed by atoms with Gasteiger partial charge in [0.2, 0.25) is 0 Å². The third kappa shape index (κ3) is 2.24. The Labute approximate surface area is 113 Å². The Bertz CT molecular complexity index is 753. The summed E-state index contributed by atoms with van der Waals surface area (Å²) in [5, 5.41) is 7.65. The fourth-order valence-corrected chi connectivity index (χ4v) is 2.03. The van der Waals surface area contributed by atoms with Gasteiger partial charge in [-0.3, -0.25) is 0 Å². The third-order valence-electron chi connectivity index (χ3n) is 2.71. The van der Waals surface area contributed by atoms with Crippen LogP contribution in [0.3, 0.4) is 0 Å². The predicted octanol–water partition coefficient (Wildman–Crippen LogP) is 3.57. The molecule has 0 aliphatic carbocycles. The number of fused-ring (bicyclic) bond motifs is 1. The molecule has 1 aromatic carbocycles. The van der Waals surface area contributed by atoms with Crippen LogP contribution < -0.4 is 5.32 Å². The Morgan fingerprint density at radius 2 is 2.16 bits per heavy atom. The SMILES string of the molecule is Cc1cnn2c(Nc3cccc(F)c3)cc(Cl)nc12. The normalized spacial score (nSPS) is 10.9. The Kier molecular flexibility index (Phi) is 2.83. The van der Waals surface area contributed by atoms with E-state index in [1.807, 2.05) is 6.92 Å². The molecule has 4 nitrogen and oxygen atoms in total. The molecule has 0 spiro atoms. The van der Waals surface area contributed by atoms with Crippen molar-refractivity contribution < 1.29 is 4.39 Å². The molecule has 3 aromatic rings. The number of anilines is 2. The van der Waals surface area contributed by atoms with Gasteiger partial charge in [0.05, 0.1) is 6.20 Å². The van der Waals surface area contributed by atoms with E-state index in [4.69, 9.17) is 11.6 Å². The highest BCUT2D eigenvalue weighted by atomic mass is 35.5. The first-order valence-electron chi connectivity index (χ1n) is 5.67. The lowest BCUT2D eigenvalue weighted by atomic mass is 10.3. The minimum Gasteiger partial charge on any atom is -0.340 e. The Balaban J connectivity index is 2.10. The van der Waals surface area contributed by atoms with Gasteiger partial charge in [-0.25, -0.2) is 9.37 Å². The summed E-state index contributed by atoms with van der Waals surface area (Å²) in [4.78, 5) is 4.21. The van der Waals surface area contributed by atoms with E-state index in [0.717, 1.165) is 5.56 Å². The van der Waals surface area contributed by atoms with Crippen molar-refractivity contribution in [2.75, 3.05) is 5.32 Å². The van der Waals surface area contributed by atoms with E-state index >= 15 is 0 Å². The van der Waals surface area contributed by atoms with E-state index in [1.165, 1.54) is 12.1 Å². The Hall–Kier alpha value is -2.14. The molecule has 0 bridgehead atoms. The molecule has 19 heavy (non-hydrogen) atoms. The highest BCUT2D eigenvalue weighted by Crippen LogP contribution is 2.22. The smallest absolute Gasteiger partial charge is 0.161 e. The Morgan fingerprint density at radius 1 is 1.32 bits per heavy atom. The number of hydrogen-bond acceptors (Lipinski definition) is 3. The predicted molar refractivity (Wildman–Crippen MR) is 72.4 cm³/mol. The number of benzene rings is 1. The molecule has 1 N–H and O–H groups in total. The lowest BCUT2D eigenvalue weighted by Gasteiger charge is -2.09. The summed E-state index contributed by atoms with van der Waals surface area (Å²) >= 11 is 5.98. The summed E-state index contributed by atoms with van der Waals surface area (Å²) in [6.07, 6.45) is 1.70. The summed E-state index contributed by atoms with van der Waals surface area (Å²) in [6.45, 7) is 1.90. The molecule has 0 amide bonds. The molecule has 0 radical (unpaired) electrons. The van der Waals surface area contributed by atoms with Crippen LogP contribution in [-0.4, -0.2) is 14.6 Å². The fraction of sp³-hybridized carbons (Fsp3) is 0.0769. The summed E-state index contributed by atoms with van der Waals surface area (Å²) in [5.41, 5.74) is 2.22. The highest BCUT2D eigenvalue weighted by Gasteiger charge is 2.08. The van der Waals surface area contributed by atoms with Gasteiger partial charge in [-0.1, -0.05) is 17.7 Å². The van der Waals surface area contributed by atoms with E-state index in [-0.39, 0.29) is 5.82 Å². The molecule has 0 aliphatic rings. The average Bonchev–Trinajstić information content (AvgIpc) is 2.71. The maximum atomic E-state index is 13.2. The van der Waals surface area contributed by atoms with E-state index < -0.39 is 0 Å². The Morgan fingerprint density at radius 3 is 2.95 bits per heavy atom. The molecule has 2 aromatic heterocycles. The van der Waals surface area contributed by atoms with Crippen molar-refractivity contribution in [3.05, 3.63) is 53.1 Å². The number of aromatic nitrogens is 3. The van der Waals surface area contributed by atoms with Crippen molar-refractivity contribution in [3.63, 3.8) is 0 Å². The van der Waals surface area contributed by atoms with Gasteiger partial charge in [-0.2, -0.15) is 9.61 Å². The fourth-order valence-electron chi connectivity index (χ4n) is 1.85. The standard InChI is InChI=1S/C13H10ClFN4/c1-8-7-16-19-12(6-11(14)18-13(8)19)17-10-4-2-3-9(15)5-10/h2-7,17H,1H3. The zero-order valence-corrected chi connectivity index (χ0v) is 10.8. The lowest BCUT2D eigenvalue weighted by molar-refractivity contribution is 0.628. The van der Waals surface area contributed by atoms with Crippen LogP contribution in [-0.2, 0) is 0 Å². The summed E-state index contributed by atoms with van der Waals surface area (Å²) in [5.74, 6) is 0.326. The number of nitrogens with one attached hydrogen (secondary N) is 1. The molecule has 0 saturated heterocycles. The van der Waals surface area contributed by atoms with Gasteiger partial charge in [0, 0.05) is 17.3 Å². The molecular weight excluding hydrogens is 267 g/mol. The van der Waals surface area contributed by atoms with Crippen LogP contribution in [0.25, 0.3) is 5.65 Å². The van der Waals surface area contributed by atoms with Gasteiger partial charge in [-0.05, 0) is 25.1 Å². The first kappa shape index (κ1) is 11.9. The molecule has 0 aliphatic heterocycles. The molecule has 0 atom stereocenters. The zero-order chi connectivity index (χ0) is 13.4. The first-order chi connectivity index (χ1) is 9.13. The first-order valence-corrected chi connectivity index (χ1v) is 6.05. The van der Waals surface area contributed by atoms with Crippen LogP contribution in [0.2, 0.25) is 5.15 Å². The second-order valence-corrected chi connectivity index (χ2v) is 4.55. The summed E-state index contributed by atoms with van der Waals surface area (Å²) < 4.78 is 14.8. The lowest BCUT2D eigenvalue weighted by Crippen LogP contribution is -2.01. The topological polar surface area (TPSA) is 42.2 Å². The van der Waals surface area contributed by atoms with Crippen LogP contribution in [0.1, 0.15) is 5.56 Å². The summed E-state index contributed by atoms with van der Waals surface area (Å²) in [7, 11) is 0. The van der Waals surface area contributed by atoms with Crippen molar-refractivity contribution in [3.8, 4) is 0 Å². The summed E-state index contributed by atoms with van der Waals surface area (Å²) in [6, 6.07) is 7.83. The molecule has 96 valence electrons. The van der Waals surface area contributed by atoms with E-state index in [1.54, 1.807) is 28.9 Å². The maximum Gasteiger partial charge on any atom is 0.161 e. The number of aryl methyl sites for hydroxylation is 1. The quantitative estimate of drug-likeness (QED) is 0.728. The molecule has 6 heteroatoms. The van der Waals surface area contributed by atoms with E-state index in [2.05, 4.69) is 15.4 Å². The number of nitrogens with zero attached hydrogens (tertiary/aromatic N) is 3. The molecule has 2 heterocycles. The molecular formula is C13H10ClFN4. The van der Waals surface area contributed by atoms with Crippen LogP contribution in [0.4, 0.5) is 15.9 Å². The van der Waals surface area contributed by atoms with E-state index in [9.17, 15) is 4.39 Å². The van der Waals surface area contributed by atoms with Crippen molar-refractivity contribution >= 4 is 28.8 Å². The number of halogens is 2. The third-order valence-corrected chi connectivity index (χ3v) is 2.91. The van der Waals surface area contributed by atoms with Gasteiger partial charge < -0.3 is 5.32 Å². The zero-order valence-electron chi connectivity index (χ0n) is 10.1. The molecule has 3 rings (SSSR count). The second-order valence-electron chi connectivity index (χ2n) is 4.16. The van der Waals surface area contributed by atoms with Crippen LogP contribution in [0, 0.1) is 12.7 Å². The van der Waals surface area contributed by atoms with E-state index in [0.29, 0.717) is 22.3 Å². The molecule has 0 fully saturated rings. The minimum atomic E-state index is -0.307. The minimum absolute atomic E-state index is 0.307. The van der Waals surface area contributed by atoms with Gasteiger partial charge in [0.1, 0.15) is 16.8 Å². The van der Waals surface area contributed by atoms with Crippen molar-refractivity contribution in [2.45, 2.75) is 6.92 Å². The van der Waals surface area contributed by atoms with Crippen molar-refractivity contribution in [1.82, 2.24) is 14.6 Å². The second kappa shape index (κ2) is 4.51. The van der Waals surface area contributed by atoms with Crippen molar-refractivity contribution in [2.24, 2.45) is 0 Å². The molecule has 0 saturated carbocycles. The van der Waals surface area contributed by atoms with Crippen molar-refractivity contribution in [1.29, 1.82) is 0 Å². The molecule has 0 unspecified atom stereocenters. The van der Waals surface area contributed by atoms with Gasteiger partial charge in [0.25, 0.3) is 0 Å². The average molecular weight is 277 g/mol. The monoisotopic (exact) mass is 276 g/mol. The largest absolute Gasteiger partial charge is 0.340 e.